The van der Waals surface area contributed by atoms with Crippen LogP contribution in [-0.4, -0.2) is 35.0 Å². The van der Waals surface area contributed by atoms with Gasteiger partial charge in [0.1, 0.15) is 0 Å². The zero-order valence-corrected chi connectivity index (χ0v) is 22.9. The normalized spacial score (nSPS) is 48.6. The zero-order valence-electron chi connectivity index (χ0n) is 22.9. The van der Waals surface area contributed by atoms with E-state index in [1.165, 1.54) is 57.8 Å². The van der Waals surface area contributed by atoms with Gasteiger partial charge in [0.2, 0.25) is 0 Å². The molecule has 0 spiro atoms. The largest absolute Gasteiger partial charge is 0.483 e. The minimum absolute atomic E-state index is 0.0630. The van der Waals surface area contributed by atoms with Crippen molar-refractivity contribution in [1.82, 2.24) is 0 Å². The maximum absolute atomic E-state index is 10.6. The van der Waals surface area contributed by atoms with Crippen molar-refractivity contribution in [3.8, 4) is 0 Å². The molecule has 9 atom stereocenters. The van der Waals surface area contributed by atoms with Gasteiger partial charge < -0.3 is 15.3 Å². The van der Waals surface area contributed by atoms with E-state index in [-0.39, 0.29) is 12.6 Å². The molecule has 3 N–H and O–H groups in total. The van der Waals surface area contributed by atoms with Gasteiger partial charge >= 0.3 is 0 Å². The monoisotopic (exact) mass is 476 g/mol. The maximum Gasteiger partial charge on any atom is 0.290 e. The van der Waals surface area contributed by atoms with Crippen LogP contribution in [0.1, 0.15) is 106 Å². The van der Waals surface area contributed by atoms with Gasteiger partial charge in [-0.25, -0.2) is 0 Å². The van der Waals surface area contributed by atoms with Gasteiger partial charge in [-0.05, 0) is 115 Å². The molecule has 0 aromatic rings. The van der Waals surface area contributed by atoms with Crippen LogP contribution in [0.15, 0.2) is 11.6 Å². The molecule has 4 nitrogen and oxygen atoms in total. The number of allylic oxidation sites excluding steroid dienone is 2. The summed E-state index contributed by atoms with van der Waals surface area (Å²) in [5, 5.41) is 24.5. The Hall–Kier alpha value is -0.870. The van der Waals surface area contributed by atoms with Gasteiger partial charge in [0.15, 0.2) is 0 Å². The first-order valence-electron chi connectivity index (χ1n) is 13.8. The Morgan fingerprint density at radius 3 is 2.15 bits per heavy atom. The van der Waals surface area contributed by atoms with Crippen LogP contribution in [0.5, 0.6) is 0 Å². The molecule has 4 fully saturated rings. The van der Waals surface area contributed by atoms with Crippen molar-refractivity contribution in [2.24, 2.45) is 51.2 Å². The minimum Gasteiger partial charge on any atom is -0.483 e. The van der Waals surface area contributed by atoms with Crippen molar-refractivity contribution in [2.75, 3.05) is 7.11 Å². The van der Waals surface area contributed by atoms with Gasteiger partial charge in [-0.2, -0.15) is 0 Å². The molecule has 196 valence electrons. The second-order valence-electron chi connectivity index (χ2n) is 13.9. The minimum atomic E-state index is -0.250. The van der Waals surface area contributed by atoms with Crippen LogP contribution in [0, 0.1) is 51.2 Å². The highest BCUT2D eigenvalue weighted by atomic mass is 16.3. The smallest absolute Gasteiger partial charge is 0.290 e. The van der Waals surface area contributed by atoms with Crippen molar-refractivity contribution < 1.29 is 20.1 Å². The Morgan fingerprint density at radius 2 is 1.50 bits per heavy atom. The molecule has 0 aromatic carbocycles. The highest BCUT2D eigenvalue weighted by Gasteiger charge is 2.62. The Morgan fingerprint density at radius 1 is 0.882 bits per heavy atom. The number of fused-ring (bicyclic) bond motifs is 7. The van der Waals surface area contributed by atoms with Gasteiger partial charge in [-0.3, -0.25) is 4.79 Å². The van der Waals surface area contributed by atoms with Crippen LogP contribution in [0.4, 0.5) is 0 Å². The molecule has 5 aliphatic rings. The van der Waals surface area contributed by atoms with Gasteiger partial charge in [-0.1, -0.05) is 53.2 Å². The molecule has 0 aliphatic heterocycles. The molecule has 0 saturated heterocycles. The fourth-order valence-electron chi connectivity index (χ4n) is 9.80. The second-order valence-corrected chi connectivity index (χ2v) is 13.9. The molecule has 0 aromatic heterocycles. The second kappa shape index (κ2) is 9.88. The van der Waals surface area contributed by atoms with E-state index in [0.29, 0.717) is 27.6 Å². The van der Waals surface area contributed by atoms with Crippen LogP contribution in [0.3, 0.4) is 0 Å². The molecular weight excluding hydrogens is 424 g/mol. The number of rotatable bonds is 0. The van der Waals surface area contributed by atoms with E-state index in [9.17, 15) is 5.11 Å². The van der Waals surface area contributed by atoms with Crippen molar-refractivity contribution in [2.45, 2.75) is 112 Å². The SMILES string of the molecule is CC1C(O)CCC2(C)C1CCC1(C)C3CCC4(C)CCC(C)(C)CC4C3=CCC12.CO.O=CO. The Labute approximate surface area is 208 Å². The number of carbonyl (C=O) groups is 1. The average Bonchev–Trinajstić information content (AvgIpc) is 2.79. The summed E-state index contributed by atoms with van der Waals surface area (Å²) >= 11 is 0. The fourth-order valence-corrected chi connectivity index (χ4v) is 9.80. The van der Waals surface area contributed by atoms with Gasteiger partial charge in [0, 0.05) is 7.11 Å². The van der Waals surface area contributed by atoms with Crippen LogP contribution >= 0.6 is 0 Å². The molecule has 34 heavy (non-hydrogen) atoms. The van der Waals surface area contributed by atoms with Crippen molar-refractivity contribution >= 4 is 6.47 Å². The van der Waals surface area contributed by atoms with Crippen LogP contribution in [0.2, 0.25) is 0 Å². The summed E-state index contributed by atoms with van der Waals surface area (Å²) in [5.74, 6) is 3.69. The number of carboxylic acid groups (broad SMARTS) is 1. The molecule has 5 rings (SSSR count). The van der Waals surface area contributed by atoms with Crippen LogP contribution in [0.25, 0.3) is 0 Å². The van der Waals surface area contributed by atoms with E-state index in [1.807, 2.05) is 5.57 Å². The zero-order chi connectivity index (χ0) is 25.5. The topological polar surface area (TPSA) is 77.8 Å². The first kappa shape index (κ1) is 27.7. The van der Waals surface area contributed by atoms with Gasteiger partial charge in [0.05, 0.1) is 6.10 Å². The number of hydrogen-bond acceptors (Lipinski definition) is 3. The molecule has 0 amide bonds. The van der Waals surface area contributed by atoms with E-state index in [4.69, 9.17) is 15.0 Å². The van der Waals surface area contributed by atoms with E-state index in [2.05, 4.69) is 47.6 Å². The molecule has 4 heteroatoms. The van der Waals surface area contributed by atoms with Crippen molar-refractivity contribution in [3.05, 3.63) is 11.6 Å². The molecule has 0 radical (unpaired) electrons. The van der Waals surface area contributed by atoms with Crippen LogP contribution < -0.4 is 0 Å². The lowest BCUT2D eigenvalue weighted by Crippen LogP contribution is -2.59. The summed E-state index contributed by atoms with van der Waals surface area (Å²) in [7, 11) is 1.00. The number of aliphatic hydroxyl groups is 2. The highest BCUT2D eigenvalue weighted by molar-refractivity contribution is 5.32. The summed E-state index contributed by atoms with van der Waals surface area (Å²) in [6, 6.07) is 0. The fraction of sp³-hybridized carbons (Fsp3) is 0.900. The molecule has 0 heterocycles. The van der Waals surface area contributed by atoms with E-state index in [0.717, 1.165) is 37.2 Å². The Balaban J connectivity index is 0.000000603. The lowest BCUT2D eigenvalue weighted by molar-refractivity contribution is -0.156. The first-order chi connectivity index (χ1) is 15.9. The van der Waals surface area contributed by atoms with E-state index < -0.39 is 0 Å². The van der Waals surface area contributed by atoms with Gasteiger partial charge in [-0.15, -0.1) is 0 Å². The molecule has 4 saturated carbocycles. The lowest BCUT2D eigenvalue weighted by Gasteiger charge is -2.66. The number of aliphatic hydroxyl groups excluding tert-OH is 2. The third-order valence-corrected chi connectivity index (χ3v) is 11.8. The lowest BCUT2D eigenvalue weighted by atomic mass is 9.38. The first-order valence-corrected chi connectivity index (χ1v) is 13.8. The predicted octanol–water partition coefficient (Wildman–Crippen LogP) is 6.70. The molecular formula is C30H52O4. The molecule has 5 aliphatic carbocycles. The van der Waals surface area contributed by atoms with Crippen LogP contribution in [-0.2, 0) is 4.79 Å². The summed E-state index contributed by atoms with van der Waals surface area (Å²) < 4.78 is 0. The maximum atomic E-state index is 10.6. The quantitative estimate of drug-likeness (QED) is 0.269. The van der Waals surface area contributed by atoms with Gasteiger partial charge in [0.25, 0.3) is 6.47 Å². The number of hydrogen-bond donors (Lipinski definition) is 3. The van der Waals surface area contributed by atoms with Crippen molar-refractivity contribution in [3.63, 3.8) is 0 Å². The standard InChI is InChI=1S/C28H46O.CH2O2.CH4O/c1-18-20-10-13-28(6)21-9-12-26(4)16-15-25(2,3)17-22(26)19(21)7-8-24(28)27(20,5)14-11-23(18)29;2-1-3;1-2/h7,18,20-24,29H,8-17H2,1-6H3;1H,(H,2,3);2H,1H3. The third kappa shape index (κ3) is 4.40. The summed E-state index contributed by atoms with van der Waals surface area (Å²) in [5.41, 5.74) is 3.89. The summed E-state index contributed by atoms with van der Waals surface area (Å²) in [6.07, 6.45) is 16.2. The Kier molecular flexibility index (Phi) is 8.06. The summed E-state index contributed by atoms with van der Waals surface area (Å²) in [4.78, 5) is 8.36. The summed E-state index contributed by atoms with van der Waals surface area (Å²) in [6.45, 7) is 15.1. The van der Waals surface area contributed by atoms with E-state index >= 15 is 0 Å². The Bertz CT molecular complexity index is 759. The molecule has 0 bridgehead atoms. The van der Waals surface area contributed by atoms with Crippen molar-refractivity contribution in [1.29, 1.82) is 0 Å². The average molecular weight is 477 g/mol. The highest BCUT2D eigenvalue weighted by Crippen LogP contribution is 2.70. The predicted molar refractivity (Wildman–Crippen MR) is 138 cm³/mol. The third-order valence-electron chi connectivity index (χ3n) is 11.8. The molecule has 9 unspecified atom stereocenters. The van der Waals surface area contributed by atoms with E-state index in [1.54, 1.807) is 0 Å².